The molecule has 2 N–H and O–H groups in total. The van der Waals surface area contributed by atoms with Crippen molar-refractivity contribution in [3.63, 3.8) is 0 Å². The summed E-state index contributed by atoms with van der Waals surface area (Å²) in [6.45, 7) is 0.0245. The van der Waals surface area contributed by atoms with Crippen LogP contribution in [-0.4, -0.2) is 40.8 Å². The molecule has 0 aliphatic carbocycles. The lowest BCUT2D eigenvalue weighted by Gasteiger charge is -2.29. The van der Waals surface area contributed by atoms with Crippen molar-refractivity contribution in [2.24, 2.45) is 5.10 Å². The van der Waals surface area contributed by atoms with E-state index in [4.69, 9.17) is 0 Å². The third-order valence-corrected chi connectivity index (χ3v) is 4.92. The number of rotatable bonds is 5. The molecule has 0 aromatic heterocycles. The lowest BCUT2D eigenvalue weighted by molar-refractivity contribution is -0.140. The van der Waals surface area contributed by atoms with E-state index in [2.05, 4.69) is 15.8 Å². The average Bonchev–Trinajstić information content (AvgIpc) is 3.15. The van der Waals surface area contributed by atoms with Crippen LogP contribution in [0.5, 0.6) is 0 Å². The Hall–Kier alpha value is -3.33. The summed E-state index contributed by atoms with van der Waals surface area (Å²) in [4.78, 5) is 24.9. The lowest BCUT2D eigenvalue weighted by atomic mass is 10.0. The number of hydrazine groups is 1. The van der Waals surface area contributed by atoms with Gasteiger partial charge in [0.1, 0.15) is 30.6 Å². The third-order valence-electron chi connectivity index (χ3n) is 4.92. The molecule has 1 saturated heterocycles. The zero-order valence-electron chi connectivity index (χ0n) is 15.4. The molecule has 7 nitrogen and oxygen atoms in total. The molecule has 2 aromatic rings. The van der Waals surface area contributed by atoms with Gasteiger partial charge < -0.3 is 5.32 Å². The first-order valence-corrected chi connectivity index (χ1v) is 9.16. The number of carbonyl (C=O) groups excluding carboxylic acids is 2. The SMILES string of the molecule is O=C(CN1N=CN2NC(c3ccc(F)cc3)CC2C1=O)NCc1ccc(F)cc1. The van der Waals surface area contributed by atoms with Crippen molar-refractivity contribution in [1.29, 1.82) is 0 Å². The van der Waals surface area contributed by atoms with E-state index >= 15 is 0 Å². The van der Waals surface area contributed by atoms with Gasteiger partial charge in [-0.1, -0.05) is 24.3 Å². The van der Waals surface area contributed by atoms with Crippen LogP contribution >= 0.6 is 0 Å². The van der Waals surface area contributed by atoms with Crippen LogP contribution in [0.1, 0.15) is 23.6 Å². The Balaban J connectivity index is 1.33. The molecule has 2 aromatic carbocycles. The maximum absolute atomic E-state index is 13.1. The summed E-state index contributed by atoms with van der Waals surface area (Å²) in [6.07, 6.45) is 1.95. The summed E-state index contributed by atoms with van der Waals surface area (Å²) in [6, 6.07) is 11.3. The van der Waals surface area contributed by atoms with Crippen molar-refractivity contribution in [3.05, 3.63) is 71.3 Å². The van der Waals surface area contributed by atoms with Crippen LogP contribution in [0.3, 0.4) is 0 Å². The lowest BCUT2D eigenvalue weighted by Crippen LogP contribution is -2.52. The summed E-state index contributed by atoms with van der Waals surface area (Å²) >= 11 is 0. The molecular weight excluding hydrogens is 380 g/mol. The van der Waals surface area contributed by atoms with Crippen molar-refractivity contribution >= 4 is 18.2 Å². The molecule has 2 aliphatic rings. The van der Waals surface area contributed by atoms with E-state index in [1.165, 1.54) is 30.6 Å². The molecule has 2 atom stereocenters. The number of carbonyl (C=O) groups is 2. The number of hydrazone groups is 1. The average molecular weight is 399 g/mol. The first-order valence-electron chi connectivity index (χ1n) is 9.16. The number of benzene rings is 2. The minimum Gasteiger partial charge on any atom is -0.350 e. The molecule has 29 heavy (non-hydrogen) atoms. The van der Waals surface area contributed by atoms with Crippen molar-refractivity contribution < 1.29 is 18.4 Å². The maximum atomic E-state index is 13.1. The highest BCUT2D eigenvalue weighted by atomic mass is 19.1. The first kappa shape index (κ1) is 19.0. The van der Waals surface area contributed by atoms with Gasteiger partial charge in [0.05, 0.1) is 6.04 Å². The van der Waals surface area contributed by atoms with Crippen LogP contribution in [0.25, 0.3) is 0 Å². The van der Waals surface area contributed by atoms with E-state index in [0.29, 0.717) is 6.42 Å². The fraction of sp³-hybridized carbons (Fsp3) is 0.250. The van der Waals surface area contributed by atoms with Crippen LogP contribution in [0.4, 0.5) is 8.78 Å². The number of fused-ring (bicyclic) bond motifs is 1. The normalized spacial score (nSPS) is 20.7. The Morgan fingerprint density at radius 1 is 1.10 bits per heavy atom. The molecular formula is C20H19F2N5O2. The van der Waals surface area contributed by atoms with Crippen LogP contribution in [0.2, 0.25) is 0 Å². The number of amides is 2. The molecule has 1 fully saturated rings. The fourth-order valence-corrected chi connectivity index (χ4v) is 3.36. The second-order valence-electron chi connectivity index (χ2n) is 6.92. The highest BCUT2D eigenvalue weighted by Gasteiger charge is 2.41. The number of nitrogens with zero attached hydrogens (tertiary/aromatic N) is 3. The highest BCUT2D eigenvalue weighted by molar-refractivity contribution is 5.91. The van der Waals surface area contributed by atoms with Crippen molar-refractivity contribution in [2.45, 2.75) is 25.0 Å². The van der Waals surface area contributed by atoms with Crippen LogP contribution in [0.15, 0.2) is 53.6 Å². The summed E-state index contributed by atoms with van der Waals surface area (Å²) in [5.41, 5.74) is 4.78. The zero-order valence-corrected chi connectivity index (χ0v) is 15.4. The Morgan fingerprint density at radius 3 is 2.45 bits per heavy atom. The Morgan fingerprint density at radius 2 is 1.76 bits per heavy atom. The Bertz CT molecular complexity index is 933. The summed E-state index contributed by atoms with van der Waals surface area (Å²) in [7, 11) is 0. The highest BCUT2D eigenvalue weighted by Crippen LogP contribution is 2.29. The molecule has 2 amide bonds. The van der Waals surface area contributed by atoms with Gasteiger partial charge in [-0.25, -0.2) is 19.2 Å². The van der Waals surface area contributed by atoms with Crippen molar-refractivity contribution in [1.82, 2.24) is 20.8 Å². The molecule has 0 radical (unpaired) electrons. The van der Waals surface area contributed by atoms with E-state index < -0.39 is 6.04 Å². The fourth-order valence-electron chi connectivity index (χ4n) is 3.36. The maximum Gasteiger partial charge on any atom is 0.267 e. The second kappa shape index (κ2) is 7.96. The van der Waals surface area contributed by atoms with Gasteiger partial charge in [-0.3, -0.25) is 14.6 Å². The smallest absolute Gasteiger partial charge is 0.267 e. The van der Waals surface area contributed by atoms with E-state index in [1.807, 2.05) is 0 Å². The summed E-state index contributed by atoms with van der Waals surface area (Å²) in [5.74, 6) is -1.32. The summed E-state index contributed by atoms with van der Waals surface area (Å²) in [5, 5.41) is 9.49. The molecule has 0 bridgehead atoms. The monoisotopic (exact) mass is 399 g/mol. The largest absolute Gasteiger partial charge is 0.350 e. The molecule has 9 heteroatoms. The van der Waals surface area contributed by atoms with Gasteiger partial charge in [-0.05, 0) is 41.8 Å². The molecule has 150 valence electrons. The van der Waals surface area contributed by atoms with Gasteiger partial charge >= 0.3 is 0 Å². The third kappa shape index (κ3) is 4.24. The van der Waals surface area contributed by atoms with Crippen LogP contribution in [0, 0.1) is 11.6 Å². The molecule has 2 aliphatic heterocycles. The predicted octanol–water partition coefficient (Wildman–Crippen LogP) is 1.69. The number of nitrogens with one attached hydrogen (secondary N) is 2. The zero-order chi connectivity index (χ0) is 20.4. The van der Waals surface area contributed by atoms with Gasteiger partial charge in [-0.15, -0.1) is 0 Å². The Kier molecular flexibility index (Phi) is 5.22. The minimum absolute atomic E-state index is 0.150. The quantitative estimate of drug-likeness (QED) is 0.802. The van der Waals surface area contributed by atoms with Crippen molar-refractivity contribution in [3.8, 4) is 0 Å². The molecule has 2 heterocycles. The van der Waals surface area contributed by atoms with Gasteiger partial charge in [-0.2, -0.15) is 5.10 Å². The molecule has 0 spiro atoms. The van der Waals surface area contributed by atoms with E-state index in [1.54, 1.807) is 29.3 Å². The molecule has 2 unspecified atom stereocenters. The van der Waals surface area contributed by atoms with E-state index in [9.17, 15) is 18.4 Å². The van der Waals surface area contributed by atoms with Gasteiger partial charge in [0.25, 0.3) is 5.91 Å². The molecule has 4 rings (SSSR count). The first-order chi connectivity index (χ1) is 14.0. The van der Waals surface area contributed by atoms with Gasteiger partial charge in [0.2, 0.25) is 5.91 Å². The number of hydrogen-bond acceptors (Lipinski definition) is 5. The summed E-state index contributed by atoms with van der Waals surface area (Å²) < 4.78 is 26.1. The van der Waals surface area contributed by atoms with Crippen LogP contribution < -0.4 is 10.7 Å². The van der Waals surface area contributed by atoms with Crippen LogP contribution in [-0.2, 0) is 16.1 Å². The number of halogens is 2. The van der Waals surface area contributed by atoms with Gasteiger partial charge in [0.15, 0.2) is 0 Å². The predicted molar refractivity (Wildman–Crippen MR) is 101 cm³/mol. The van der Waals surface area contributed by atoms with Gasteiger partial charge in [0, 0.05) is 6.54 Å². The standard InChI is InChI=1S/C20H19F2N5O2/c21-15-5-1-13(2-6-15)10-23-19(28)11-26-20(29)18-9-17(25-27(18)12-24-26)14-3-7-16(22)8-4-14/h1-8,12,17-18,25H,9-11H2,(H,23,28). The molecule has 0 saturated carbocycles. The Labute approximate surface area is 166 Å². The van der Waals surface area contributed by atoms with E-state index in [-0.39, 0.29) is 42.6 Å². The topological polar surface area (TPSA) is 77.0 Å². The minimum atomic E-state index is -0.493. The van der Waals surface area contributed by atoms with E-state index in [0.717, 1.165) is 16.1 Å². The second-order valence-corrected chi connectivity index (χ2v) is 6.92. The van der Waals surface area contributed by atoms with Crippen molar-refractivity contribution in [2.75, 3.05) is 6.54 Å². The number of hydrogen-bond donors (Lipinski definition) is 2.